The molecule has 3 aliphatic rings. The Kier molecular flexibility index (Phi) is 9.92. The summed E-state index contributed by atoms with van der Waals surface area (Å²) in [7, 11) is 0. The maximum absolute atomic E-state index is 15.0. The van der Waals surface area contributed by atoms with Gasteiger partial charge in [-0.2, -0.15) is 19.9 Å². The molecule has 9 heterocycles. The van der Waals surface area contributed by atoms with Crippen molar-refractivity contribution in [1.29, 1.82) is 0 Å². The van der Waals surface area contributed by atoms with Gasteiger partial charge in [-0.25, -0.2) is 37.5 Å². The first-order valence-electron chi connectivity index (χ1n) is 21.2. The molecule has 0 radical (unpaired) electrons. The van der Waals surface area contributed by atoms with Gasteiger partial charge in [0, 0.05) is 32.6 Å². The summed E-state index contributed by atoms with van der Waals surface area (Å²) in [6.07, 6.45) is -2.58. The molecular formula is C42H42F4N14O4. The first-order valence-corrected chi connectivity index (χ1v) is 21.2. The van der Waals surface area contributed by atoms with E-state index in [1.165, 1.54) is 21.8 Å². The smallest absolute Gasteiger partial charge is 0.296 e. The molecular weight excluding hydrogens is 841 g/mol. The van der Waals surface area contributed by atoms with Crippen LogP contribution in [0, 0.1) is 0 Å². The Morgan fingerprint density at radius 1 is 0.703 bits per heavy atom. The van der Waals surface area contributed by atoms with Crippen LogP contribution in [0.2, 0.25) is 0 Å². The molecule has 18 nitrogen and oxygen atoms in total. The number of aliphatic hydroxyl groups is 2. The Hall–Kier alpha value is -6.36. The number of halogens is 4. The Bertz CT molecular complexity index is 3030. The van der Waals surface area contributed by atoms with Gasteiger partial charge in [-0.15, -0.1) is 0 Å². The molecule has 2 N–H and O–H groups in total. The lowest BCUT2D eigenvalue weighted by Crippen LogP contribution is -2.47. The summed E-state index contributed by atoms with van der Waals surface area (Å²) in [5, 5.41) is 23.6. The molecule has 11 rings (SSSR count). The molecule has 0 spiro atoms. The van der Waals surface area contributed by atoms with E-state index in [2.05, 4.69) is 9.97 Å². The van der Waals surface area contributed by atoms with E-state index < -0.39 is 42.9 Å². The number of benzene rings is 2. The highest BCUT2D eigenvalue weighted by molar-refractivity contribution is 5.88. The van der Waals surface area contributed by atoms with Crippen LogP contribution in [0.4, 0.5) is 29.5 Å². The van der Waals surface area contributed by atoms with Crippen molar-refractivity contribution < 1.29 is 37.2 Å². The summed E-state index contributed by atoms with van der Waals surface area (Å²) in [6, 6.07) is 13.5. The molecule has 22 heteroatoms. The predicted molar refractivity (Wildman–Crippen MR) is 224 cm³/mol. The highest BCUT2D eigenvalue weighted by Crippen LogP contribution is 2.39. The number of alkyl halides is 4. The van der Waals surface area contributed by atoms with Crippen molar-refractivity contribution in [3.8, 4) is 11.6 Å². The second-order valence-electron chi connectivity index (χ2n) is 16.3. The lowest BCUT2D eigenvalue weighted by molar-refractivity contribution is 0.0298. The Morgan fingerprint density at radius 3 is 1.69 bits per heavy atom. The molecule has 4 unspecified atom stereocenters. The number of morpholine rings is 2. The van der Waals surface area contributed by atoms with Crippen molar-refractivity contribution in [2.24, 2.45) is 0 Å². The van der Waals surface area contributed by atoms with Crippen molar-refractivity contribution in [3.05, 3.63) is 72.8 Å². The van der Waals surface area contributed by atoms with E-state index in [1.807, 2.05) is 9.80 Å². The van der Waals surface area contributed by atoms with Gasteiger partial charge in [0.05, 0.1) is 72.9 Å². The molecule has 3 fully saturated rings. The van der Waals surface area contributed by atoms with Crippen LogP contribution < -0.4 is 9.80 Å². The number of nitrogens with zero attached hydrogens (tertiary/aromatic N) is 14. The van der Waals surface area contributed by atoms with Crippen LogP contribution in [0.1, 0.15) is 57.1 Å². The van der Waals surface area contributed by atoms with E-state index >= 15 is 8.78 Å². The number of rotatable bonds is 12. The fraction of sp³-hybridized carbons (Fsp3) is 0.429. The first-order chi connectivity index (χ1) is 31.1. The van der Waals surface area contributed by atoms with Crippen LogP contribution in [0.25, 0.3) is 56.0 Å². The van der Waals surface area contributed by atoms with Gasteiger partial charge in [0.15, 0.2) is 51.3 Å². The van der Waals surface area contributed by atoms with Crippen LogP contribution in [0.15, 0.2) is 61.2 Å². The zero-order valence-electron chi connectivity index (χ0n) is 34.4. The van der Waals surface area contributed by atoms with Gasteiger partial charge in [-0.1, -0.05) is 31.2 Å². The van der Waals surface area contributed by atoms with Crippen molar-refractivity contribution in [1.82, 2.24) is 58.1 Å². The second-order valence-corrected chi connectivity index (χ2v) is 16.3. The third kappa shape index (κ3) is 6.44. The molecule has 0 saturated carbocycles. The fourth-order valence-electron chi connectivity index (χ4n) is 9.37. The zero-order chi connectivity index (χ0) is 43.9. The van der Waals surface area contributed by atoms with Gasteiger partial charge in [-0.3, -0.25) is 18.3 Å². The maximum Gasteiger partial charge on any atom is 0.296 e. The van der Waals surface area contributed by atoms with Crippen molar-refractivity contribution in [2.75, 3.05) is 55.8 Å². The monoisotopic (exact) mass is 882 g/mol. The quantitative estimate of drug-likeness (QED) is 0.155. The Morgan fingerprint density at radius 2 is 1.20 bits per heavy atom. The summed E-state index contributed by atoms with van der Waals surface area (Å²) in [4.78, 5) is 41.9. The minimum atomic E-state index is -3.00. The minimum Gasteiger partial charge on any atom is -0.393 e. The third-order valence-electron chi connectivity index (χ3n) is 12.5. The Balaban J connectivity index is 1.19. The average Bonchev–Trinajstić information content (AvgIpc) is 4.16. The molecule has 64 heavy (non-hydrogen) atoms. The van der Waals surface area contributed by atoms with Crippen LogP contribution in [-0.4, -0.2) is 133 Å². The largest absolute Gasteiger partial charge is 0.393 e. The van der Waals surface area contributed by atoms with Crippen LogP contribution in [-0.2, 0) is 15.1 Å². The minimum absolute atomic E-state index is 0.0213. The molecule has 6 aromatic heterocycles. The molecule has 0 aliphatic carbocycles. The third-order valence-corrected chi connectivity index (χ3v) is 12.5. The van der Waals surface area contributed by atoms with Crippen LogP contribution in [0.3, 0.4) is 0 Å². The number of ether oxygens (including phenoxy) is 2. The molecule has 2 aromatic carbocycles. The summed E-state index contributed by atoms with van der Waals surface area (Å²) >= 11 is 0. The van der Waals surface area contributed by atoms with Gasteiger partial charge in [0.1, 0.15) is 0 Å². The molecule has 2 bridgehead atoms. The molecule has 0 amide bonds. The lowest BCUT2D eigenvalue weighted by Gasteiger charge is -2.37. The van der Waals surface area contributed by atoms with Gasteiger partial charge >= 0.3 is 0 Å². The molecule has 332 valence electrons. The van der Waals surface area contributed by atoms with Gasteiger partial charge in [0.25, 0.3) is 12.9 Å². The van der Waals surface area contributed by atoms with Gasteiger partial charge in [-0.05, 0) is 43.5 Å². The van der Waals surface area contributed by atoms with Crippen molar-refractivity contribution >= 4 is 56.3 Å². The van der Waals surface area contributed by atoms with E-state index in [-0.39, 0.29) is 70.9 Å². The van der Waals surface area contributed by atoms with Crippen molar-refractivity contribution in [2.45, 2.75) is 69.4 Å². The number of hydrogen-bond acceptors (Lipinski definition) is 14. The normalized spacial score (nSPS) is 19.6. The number of aromatic nitrogens is 12. The number of hydrogen-bond donors (Lipinski definition) is 2. The van der Waals surface area contributed by atoms with Crippen molar-refractivity contribution in [3.63, 3.8) is 0 Å². The summed E-state index contributed by atoms with van der Waals surface area (Å²) < 4.78 is 77.4. The van der Waals surface area contributed by atoms with E-state index in [0.717, 1.165) is 12.8 Å². The fourth-order valence-corrected chi connectivity index (χ4v) is 9.37. The van der Waals surface area contributed by atoms with Gasteiger partial charge < -0.3 is 29.5 Å². The van der Waals surface area contributed by atoms with Crippen LogP contribution in [0.5, 0.6) is 0 Å². The first kappa shape index (κ1) is 40.4. The van der Waals surface area contributed by atoms with Crippen LogP contribution >= 0.6 is 0 Å². The summed E-state index contributed by atoms with van der Waals surface area (Å²) in [5.74, 6) is -0.647. The number of aliphatic hydroxyl groups excluding tert-OH is 2. The van der Waals surface area contributed by atoms with E-state index in [4.69, 9.17) is 39.4 Å². The SMILES string of the molecule is CCC(O)CC(CO)(n1cnc2c(-n3c(C(F)F)nc4ccccc43)nc(N3CCOCC3)nc21)n1cnc2c(-n3c(C(F)F)nc4ccccc43)nc(N3CC4CCC(C3)O4)nc21. The average molecular weight is 883 g/mol. The molecule has 8 aromatic rings. The molecule has 3 saturated heterocycles. The number of anilines is 2. The summed E-state index contributed by atoms with van der Waals surface area (Å²) in [6.45, 7) is 3.51. The number of para-hydroxylation sites is 4. The van der Waals surface area contributed by atoms with E-state index in [9.17, 15) is 19.0 Å². The Labute approximate surface area is 360 Å². The highest BCUT2D eigenvalue weighted by Gasteiger charge is 2.42. The summed E-state index contributed by atoms with van der Waals surface area (Å²) in [5.41, 5.74) is 0.106. The van der Waals surface area contributed by atoms with E-state index in [1.54, 1.807) is 64.6 Å². The van der Waals surface area contributed by atoms with Gasteiger partial charge in [0.2, 0.25) is 11.9 Å². The number of fused-ring (bicyclic) bond motifs is 6. The lowest BCUT2D eigenvalue weighted by atomic mass is 10.00. The molecule has 4 atom stereocenters. The standard InChI is InChI=1S/C42H42F4N14O4/c1-2-23(62)17-42(20-61,57-21-47-30-34(57)51-40(55-13-15-63-16-14-55)53-36(30)59-28-9-5-3-7-26(28)49-38(59)32(43)44)58-22-48-31-35(58)52-41(56-18-24-11-12-25(19-56)64-24)54-37(31)60-29-10-6-4-8-27(29)50-39(60)33(45)46/h3-10,21-25,32-33,61-62H,2,11-20H2,1H3. The maximum atomic E-state index is 15.0. The highest BCUT2D eigenvalue weighted by atomic mass is 19.3. The topological polar surface area (TPSA) is 188 Å². The molecule has 3 aliphatic heterocycles. The number of imidazole rings is 4. The second kappa shape index (κ2) is 15.7. The predicted octanol–water partition coefficient (Wildman–Crippen LogP) is 5.08. The van der Waals surface area contributed by atoms with E-state index in [0.29, 0.717) is 61.5 Å². The zero-order valence-corrected chi connectivity index (χ0v) is 34.4.